The Bertz CT molecular complexity index is 1060. The molecule has 196 valence electrons. The molecule has 1 saturated heterocycles. The summed E-state index contributed by atoms with van der Waals surface area (Å²) in [5.41, 5.74) is -2.26. The lowest BCUT2D eigenvalue weighted by atomic mass is 9.69. The van der Waals surface area contributed by atoms with Crippen molar-refractivity contribution >= 4 is 5.91 Å². The summed E-state index contributed by atoms with van der Waals surface area (Å²) >= 11 is 0. The highest BCUT2D eigenvalue weighted by molar-refractivity contribution is 5.73. The Morgan fingerprint density at radius 1 is 0.944 bits per heavy atom. The minimum Gasteiger partial charge on any atom is -0.370 e. The lowest BCUT2D eigenvalue weighted by molar-refractivity contribution is -0.143. The van der Waals surface area contributed by atoms with Crippen LogP contribution in [0.25, 0.3) is 0 Å². The Balaban J connectivity index is 1.66. The lowest BCUT2D eigenvalue weighted by Gasteiger charge is -2.41. The Morgan fingerprint density at radius 2 is 1.53 bits per heavy atom. The third-order valence-electron chi connectivity index (χ3n) is 7.33. The van der Waals surface area contributed by atoms with Crippen LogP contribution in [0.2, 0.25) is 0 Å². The van der Waals surface area contributed by atoms with E-state index in [0.717, 1.165) is 5.56 Å². The maximum absolute atomic E-state index is 13.6. The van der Waals surface area contributed by atoms with Crippen LogP contribution in [0.3, 0.4) is 0 Å². The molecule has 2 aliphatic rings. The van der Waals surface area contributed by atoms with Crippen molar-refractivity contribution in [1.29, 1.82) is 0 Å². The fraction of sp³-hybridized carbons (Fsp3) is 0.500. The zero-order valence-corrected chi connectivity index (χ0v) is 19.7. The van der Waals surface area contributed by atoms with Gasteiger partial charge in [-0.1, -0.05) is 12.1 Å². The van der Waals surface area contributed by atoms with Gasteiger partial charge in [-0.05, 0) is 73.1 Å². The van der Waals surface area contributed by atoms with E-state index < -0.39 is 41.5 Å². The zero-order chi connectivity index (χ0) is 26.4. The van der Waals surface area contributed by atoms with Crippen LogP contribution in [0, 0.1) is 17.7 Å². The van der Waals surface area contributed by atoms with E-state index in [2.05, 4.69) is 0 Å². The van der Waals surface area contributed by atoms with Crippen molar-refractivity contribution in [2.75, 3.05) is 13.1 Å². The lowest BCUT2D eigenvalue weighted by Crippen LogP contribution is -2.38. The van der Waals surface area contributed by atoms with E-state index in [1.807, 2.05) is 0 Å². The third kappa shape index (κ3) is 5.53. The number of fused-ring (bicyclic) bond motifs is 1. The van der Waals surface area contributed by atoms with E-state index in [9.17, 15) is 35.5 Å². The molecule has 4 rings (SSSR count). The van der Waals surface area contributed by atoms with E-state index >= 15 is 0 Å². The molecule has 0 aromatic heterocycles. The summed E-state index contributed by atoms with van der Waals surface area (Å²) in [5.74, 6) is -0.666. The number of hydrogen-bond donors (Lipinski definition) is 0. The van der Waals surface area contributed by atoms with E-state index in [1.54, 1.807) is 17.0 Å². The minimum atomic E-state index is -4.95. The van der Waals surface area contributed by atoms with Gasteiger partial charge in [0.05, 0.1) is 23.3 Å². The second-order valence-electron chi connectivity index (χ2n) is 9.66. The largest absolute Gasteiger partial charge is 0.416 e. The molecule has 0 radical (unpaired) electrons. The van der Waals surface area contributed by atoms with Gasteiger partial charge in [0, 0.05) is 25.9 Å². The SMILES string of the molecule is CC(=O)N1C[C@@H]2CC[C@H](O[C@H](C)c3cc(C(F)(F)F)cc(C(F)(F)F)c3)[C@@H](c3ccc(F)cc3)[C@@H]2C1. The summed E-state index contributed by atoms with van der Waals surface area (Å²) in [5, 5.41) is 0. The smallest absolute Gasteiger partial charge is 0.370 e. The predicted octanol–water partition coefficient (Wildman–Crippen LogP) is 6.98. The zero-order valence-electron chi connectivity index (χ0n) is 19.7. The van der Waals surface area contributed by atoms with Crippen LogP contribution in [0.4, 0.5) is 30.7 Å². The fourth-order valence-electron chi connectivity index (χ4n) is 5.55. The van der Waals surface area contributed by atoms with Gasteiger partial charge >= 0.3 is 12.4 Å². The number of ether oxygens (including phenoxy) is 1. The van der Waals surface area contributed by atoms with Crippen molar-refractivity contribution in [2.24, 2.45) is 11.8 Å². The number of nitrogens with zero attached hydrogens (tertiary/aromatic N) is 1. The number of benzene rings is 2. The Morgan fingerprint density at radius 3 is 2.06 bits per heavy atom. The van der Waals surface area contributed by atoms with Crippen molar-refractivity contribution in [2.45, 2.75) is 57.2 Å². The molecular weight excluding hydrogens is 491 g/mol. The van der Waals surface area contributed by atoms with Gasteiger partial charge in [-0.3, -0.25) is 4.79 Å². The molecule has 0 spiro atoms. The molecule has 5 atom stereocenters. The first-order valence-electron chi connectivity index (χ1n) is 11.7. The highest BCUT2D eigenvalue weighted by Crippen LogP contribution is 2.48. The molecule has 36 heavy (non-hydrogen) atoms. The summed E-state index contributed by atoms with van der Waals surface area (Å²) in [7, 11) is 0. The van der Waals surface area contributed by atoms with E-state index in [-0.39, 0.29) is 35.3 Å². The fourth-order valence-corrected chi connectivity index (χ4v) is 5.55. The second kappa shape index (κ2) is 9.68. The second-order valence-corrected chi connectivity index (χ2v) is 9.66. The number of carbonyl (C=O) groups is 1. The van der Waals surface area contributed by atoms with Gasteiger partial charge in [-0.2, -0.15) is 26.3 Å². The number of rotatable bonds is 4. The third-order valence-corrected chi connectivity index (χ3v) is 7.33. The number of amides is 1. The molecule has 1 amide bonds. The van der Waals surface area contributed by atoms with Crippen LogP contribution >= 0.6 is 0 Å². The molecule has 2 aromatic carbocycles. The minimum absolute atomic E-state index is 0.0300. The maximum Gasteiger partial charge on any atom is 0.416 e. The number of halogens is 7. The van der Waals surface area contributed by atoms with Gasteiger partial charge in [0.1, 0.15) is 5.82 Å². The van der Waals surface area contributed by atoms with Crippen molar-refractivity contribution in [3.05, 3.63) is 70.5 Å². The molecular formula is C26H26F7NO2. The van der Waals surface area contributed by atoms with Crippen LogP contribution in [-0.4, -0.2) is 30.0 Å². The van der Waals surface area contributed by atoms with Gasteiger partial charge in [-0.15, -0.1) is 0 Å². The molecule has 1 saturated carbocycles. The summed E-state index contributed by atoms with van der Waals surface area (Å²) in [6, 6.07) is 7.31. The molecule has 1 aliphatic heterocycles. The summed E-state index contributed by atoms with van der Waals surface area (Å²) in [6.07, 6.45) is -10.3. The van der Waals surface area contributed by atoms with Crippen LogP contribution in [0.5, 0.6) is 0 Å². The first kappa shape index (κ1) is 26.4. The molecule has 10 heteroatoms. The van der Waals surface area contributed by atoms with Gasteiger partial charge in [-0.25, -0.2) is 4.39 Å². The molecule has 3 nitrogen and oxygen atoms in total. The molecule has 0 unspecified atom stereocenters. The highest BCUT2D eigenvalue weighted by Gasteiger charge is 2.47. The summed E-state index contributed by atoms with van der Waals surface area (Å²) in [6.45, 7) is 3.94. The average Bonchev–Trinajstić information content (AvgIpc) is 3.23. The maximum atomic E-state index is 13.6. The summed E-state index contributed by atoms with van der Waals surface area (Å²) in [4.78, 5) is 13.7. The van der Waals surface area contributed by atoms with Gasteiger partial charge in [0.25, 0.3) is 0 Å². The molecule has 2 aromatic rings. The van der Waals surface area contributed by atoms with Gasteiger partial charge in [0.15, 0.2) is 0 Å². The van der Waals surface area contributed by atoms with E-state index in [1.165, 1.54) is 26.0 Å². The van der Waals surface area contributed by atoms with Crippen LogP contribution < -0.4 is 0 Å². The monoisotopic (exact) mass is 517 g/mol. The topological polar surface area (TPSA) is 29.5 Å². The van der Waals surface area contributed by atoms with E-state index in [4.69, 9.17) is 4.74 Å². The van der Waals surface area contributed by atoms with Crippen molar-refractivity contribution in [3.8, 4) is 0 Å². The first-order valence-corrected chi connectivity index (χ1v) is 11.7. The molecule has 0 N–H and O–H groups in total. The number of likely N-dealkylation sites (tertiary alicyclic amines) is 1. The average molecular weight is 517 g/mol. The Hall–Kier alpha value is -2.62. The number of hydrogen-bond acceptors (Lipinski definition) is 2. The molecule has 1 aliphatic carbocycles. The number of alkyl halides is 6. The first-order chi connectivity index (χ1) is 16.7. The number of carbonyl (C=O) groups excluding carboxylic acids is 1. The predicted molar refractivity (Wildman–Crippen MR) is 117 cm³/mol. The Labute approximate surface area is 204 Å². The van der Waals surface area contributed by atoms with Crippen molar-refractivity contribution in [3.63, 3.8) is 0 Å². The normalized spacial score (nSPS) is 25.5. The van der Waals surface area contributed by atoms with Crippen molar-refractivity contribution < 1.29 is 40.3 Å². The quantitative estimate of drug-likeness (QED) is 0.410. The Kier molecular flexibility index (Phi) is 7.11. The molecule has 0 bridgehead atoms. The molecule has 2 fully saturated rings. The standard InChI is InChI=1S/C26H26F7NO2/c1-14(18-9-19(25(28,29)30)11-20(10-18)26(31,32)33)36-23-8-5-17-12-34(15(2)35)13-22(17)24(23)16-3-6-21(27)7-4-16/h3-4,6-7,9-11,14,17,22-24H,5,8,12-13H2,1-2H3/t14-,17+,22-,23+,24+/m1/s1. The van der Waals surface area contributed by atoms with Crippen LogP contribution in [0.15, 0.2) is 42.5 Å². The van der Waals surface area contributed by atoms with Gasteiger partial charge < -0.3 is 9.64 Å². The van der Waals surface area contributed by atoms with Gasteiger partial charge in [0.2, 0.25) is 5.91 Å². The molecule has 1 heterocycles. The summed E-state index contributed by atoms with van der Waals surface area (Å²) < 4.78 is 99.9. The van der Waals surface area contributed by atoms with Crippen molar-refractivity contribution in [1.82, 2.24) is 4.90 Å². The van der Waals surface area contributed by atoms with E-state index in [0.29, 0.717) is 38.1 Å². The highest BCUT2D eigenvalue weighted by atomic mass is 19.4. The van der Waals surface area contributed by atoms with Crippen LogP contribution in [-0.2, 0) is 21.9 Å². The van der Waals surface area contributed by atoms with Crippen LogP contribution in [0.1, 0.15) is 61.0 Å².